The molecule has 1 N–H and O–H groups in total. The molecule has 0 aliphatic heterocycles. The van der Waals surface area contributed by atoms with E-state index in [9.17, 15) is 4.79 Å². The van der Waals surface area contributed by atoms with E-state index >= 15 is 0 Å². The van der Waals surface area contributed by atoms with Crippen molar-refractivity contribution < 1.29 is 4.79 Å². The summed E-state index contributed by atoms with van der Waals surface area (Å²) in [6, 6.07) is 9.25. The number of nitriles is 1. The van der Waals surface area contributed by atoms with Crippen LogP contribution in [0.15, 0.2) is 24.3 Å². The zero-order chi connectivity index (χ0) is 15.5. The van der Waals surface area contributed by atoms with Crippen LogP contribution in [0, 0.1) is 11.3 Å². The molecule has 0 aliphatic rings. The van der Waals surface area contributed by atoms with E-state index in [0.29, 0.717) is 22.7 Å². The molecule has 1 aromatic heterocycles. The first-order valence-corrected chi connectivity index (χ1v) is 7.29. The number of nitrogens with one attached hydrogen (secondary N) is 1. The lowest BCUT2D eigenvalue weighted by Crippen LogP contribution is -2.25. The minimum atomic E-state index is -0.222. The van der Waals surface area contributed by atoms with Gasteiger partial charge in [-0.1, -0.05) is 37.4 Å². The van der Waals surface area contributed by atoms with Crippen LogP contribution < -0.4 is 5.32 Å². The summed E-state index contributed by atoms with van der Waals surface area (Å²) in [6.07, 6.45) is 0. The molecule has 21 heavy (non-hydrogen) atoms. The first-order valence-electron chi connectivity index (χ1n) is 6.52. The zero-order valence-electron chi connectivity index (χ0n) is 12.2. The van der Waals surface area contributed by atoms with Crippen LogP contribution in [0.1, 0.15) is 47.3 Å². The molecule has 0 atom stereocenters. The van der Waals surface area contributed by atoms with Gasteiger partial charge in [0.15, 0.2) is 0 Å². The monoisotopic (exact) mass is 300 g/mol. The van der Waals surface area contributed by atoms with Crippen LogP contribution in [-0.2, 0) is 12.0 Å². The van der Waals surface area contributed by atoms with E-state index < -0.39 is 0 Å². The maximum Gasteiger partial charge on any atom is 0.265 e. The number of carbonyl (C=O) groups excluding carboxylic acids is 1. The molecular weight excluding hydrogens is 284 g/mol. The van der Waals surface area contributed by atoms with E-state index in [0.717, 1.165) is 17.1 Å². The maximum atomic E-state index is 12.3. The van der Waals surface area contributed by atoms with Crippen molar-refractivity contribution in [2.45, 2.75) is 32.7 Å². The van der Waals surface area contributed by atoms with Gasteiger partial charge in [0.25, 0.3) is 5.91 Å². The molecule has 0 saturated heterocycles. The fourth-order valence-electron chi connectivity index (χ4n) is 1.84. The Morgan fingerprint density at radius 1 is 1.43 bits per heavy atom. The number of nitrogens with zero attached hydrogens (tertiary/aromatic N) is 3. The van der Waals surface area contributed by atoms with Crippen LogP contribution in [0.4, 0.5) is 0 Å². The van der Waals surface area contributed by atoms with Gasteiger partial charge in [0.05, 0.1) is 17.3 Å². The van der Waals surface area contributed by atoms with Gasteiger partial charge in [0.2, 0.25) is 0 Å². The average molecular weight is 300 g/mol. The Hall–Kier alpha value is -2.26. The summed E-state index contributed by atoms with van der Waals surface area (Å²) in [5.41, 5.74) is 1.95. The Balaban J connectivity index is 2.09. The van der Waals surface area contributed by atoms with Crippen molar-refractivity contribution in [2.24, 2.45) is 0 Å². The van der Waals surface area contributed by atoms with Crippen molar-refractivity contribution in [2.75, 3.05) is 0 Å². The predicted molar refractivity (Wildman–Crippen MR) is 80.9 cm³/mol. The Bertz CT molecular complexity index is 694. The molecule has 0 saturated carbocycles. The predicted octanol–water partition coefficient (Wildman–Crippen LogP) is 2.64. The molecule has 1 amide bonds. The fourth-order valence-corrected chi connectivity index (χ4v) is 2.64. The first-order chi connectivity index (χ1) is 9.91. The van der Waals surface area contributed by atoms with Gasteiger partial charge in [-0.05, 0) is 29.2 Å². The van der Waals surface area contributed by atoms with Gasteiger partial charge in [-0.15, -0.1) is 5.10 Å². The molecule has 1 aromatic carbocycles. The Labute approximate surface area is 127 Å². The third-order valence-corrected chi connectivity index (χ3v) is 3.64. The lowest BCUT2D eigenvalue weighted by atomic mass is 9.91. The summed E-state index contributed by atoms with van der Waals surface area (Å²) in [5.74, 6) is -0.183. The molecule has 0 unspecified atom stereocenters. The van der Waals surface area contributed by atoms with Crippen molar-refractivity contribution in [3.05, 3.63) is 46.0 Å². The molecule has 0 aliphatic carbocycles. The van der Waals surface area contributed by atoms with Crippen molar-refractivity contribution in [3.8, 4) is 6.07 Å². The molecule has 0 radical (unpaired) electrons. The maximum absolute atomic E-state index is 12.3. The zero-order valence-corrected chi connectivity index (χ0v) is 13.0. The van der Waals surface area contributed by atoms with Gasteiger partial charge >= 0.3 is 0 Å². The van der Waals surface area contributed by atoms with E-state index in [1.54, 1.807) is 18.2 Å². The van der Waals surface area contributed by atoms with E-state index in [-0.39, 0.29) is 11.3 Å². The van der Waals surface area contributed by atoms with Gasteiger partial charge in [-0.3, -0.25) is 4.79 Å². The van der Waals surface area contributed by atoms with E-state index in [1.165, 1.54) is 0 Å². The van der Waals surface area contributed by atoms with Crippen LogP contribution in [0.3, 0.4) is 0 Å². The van der Waals surface area contributed by atoms with Crippen LogP contribution >= 0.6 is 11.5 Å². The number of rotatable bonds is 3. The number of amides is 1. The SMILES string of the molecule is CC(C)(C)c1nnsc1C(=O)NCc1cccc(C#N)c1. The second-order valence-electron chi connectivity index (χ2n) is 5.70. The van der Waals surface area contributed by atoms with Crippen LogP contribution in [0.5, 0.6) is 0 Å². The quantitative estimate of drug-likeness (QED) is 0.945. The van der Waals surface area contributed by atoms with Gasteiger partial charge in [0.1, 0.15) is 4.88 Å². The summed E-state index contributed by atoms with van der Waals surface area (Å²) < 4.78 is 3.88. The van der Waals surface area contributed by atoms with Gasteiger partial charge in [-0.25, -0.2) is 0 Å². The van der Waals surface area contributed by atoms with Crippen LogP contribution in [0.2, 0.25) is 0 Å². The Morgan fingerprint density at radius 2 is 2.19 bits per heavy atom. The topological polar surface area (TPSA) is 78.7 Å². The molecule has 2 aromatic rings. The van der Waals surface area contributed by atoms with Crippen LogP contribution in [0.25, 0.3) is 0 Å². The third kappa shape index (κ3) is 3.64. The van der Waals surface area contributed by atoms with E-state index in [1.807, 2.05) is 26.8 Å². The molecule has 6 heteroatoms. The average Bonchev–Trinajstić information content (AvgIpc) is 2.94. The first kappa shape index (κ1) is 15.1. The summed E-state index contributed by atoms with van der Waals surface area (Å²) >= 11 is 1.10. The van der Waals surface area contributed by atoms with Crippen molar-refractivity contribution in [1.29, 1.82) is 5.26 Å². The molecule has 108 valence electrons. The highest BCUT2D eigenvalue weighted by Crippen LogP contribution is 2.25. The van der Waals surface area contributed by atoms with E-state index in [2.05, 4.69) is 21.0 Å². The van der Waals surface area contributed by atoms with Gasteiger partial charge in [0, 0.05) is 12.0 Å². The molecule has 2 rings (SSSR count). The molecule has 5 nitrogen and oxygen atoms in total. The number of hydrogen-bond donors (Lipinski definition) is 1. The molecular formula is C15H16N4OS. The Kier molecular flexibility index (Phi) is 4.34. The lowest BCUT2D eigenvalue weighted by molar-refractivity contribution is 0.0952. The standard InChI is InChI=1S/C15H16N4OS/c1-15(2,3)13-12(21-19-18-13)14(20)17-9-11-6-4-5-10(7-11)8-16/h4-7H,9H2,1-3H3,(H,17,20). The van der Waals surface area contributed by atoms with E-state index in [4.69, 9.17) is 5.26 Å². The second-order valence-corrected chi connectivity index (χ2v) is 6.45. The summed E-state index contributed by atoms with van der Waals surface area (Å²) in [4.78, 5) is 12.8. The number of aromatic nitrogens is 2. The third-order valence-electron chi connectivity index (χ3n) is 2.91. The minimum Gasteiger partial charge on any atom is -0.347 e. The highest BCUT2D eigenvalue weighted by molar-refractivity contribution is 7.08. The number of carbonyl (C=O) groups is 1. The van der Waals surface area contributed by atoms with Crippen molar-refractivity contribution >= 4 is 17.4 Å². The highest BCUT2D eigenvalue weighted by atomic mass is 32.1. The van der Waals surface area contributed by atoms with Crippen LogP contribution in [-0.4, -0.2) is 15.5 Å². The smallest absolute Gasteiger partial charge is 0.265 e. The fraction of sp³-hybridized carbons (Fsp3) is 0.333. The summed E-state index contributed by atoms with van der Waals surface area (Å²) in [5, 5.41) is 15.8. The number of benzene rings is 1. The minimum absolute atomic E-state index is 0.183. The lowest BCUT2D eigenvalue weighted by Gasteiger charge is -2.16. The van der Waals surface area contributed by atoms with Gasteiger partial charge < -0.3 is 5.32 Å². The molecule has 1 heterocycles. The number of hydrogen-bond acceptors (Lipinski definition) is 5. The largest absolute Gasteiger partial charge is 0.347 e. The Morgan fingerprint density at radius 3 is 2.86 bits per heavy atom. The molecule has 0 fully saturated rings. The van der Waals surface area contributed by atoms with Crippen molar-refractivity contribution in [3.63, 3.8) is 0 Å². The second kappa shape index (κ2) is 6.02. The van der Waals surface area contributed by atoms with Crippen molar-refractivity contribution in [1.82, 2.24) is 14.9 Å². The highest BCUT2D eigenvalue weighted by Gasteiger charge is 2.26. The molecule has 0 spiro atoms. The summed E-state index contributed by atoms with van der Waals surface area (Å²) in [7, 11) is 0. The van der Waals surface area contributed by atoms with Gasteiger partial charge in [-0.2, -0.15) is 5.26 Å². The molecule has 0 bridgehead atoms. The normalized spacial score (nSPS) is 11.0. The summed E-state index contributed by atoms with van der Waals surface area (Å²) in [6.45, 7) is 6.36.